The first-order chi connectivity index (χ1) is 20.9. The van der Waals surface area contributed by atoms with Gasteiger partial charge in [0.05, 0.1) is 17.1 Å². The number of hydrogen-bond donors (Lipinski definition) is 3. The van der Waals surface area contributed by atoms with E-state index in [1.807, 2.05) is 0 Å². The lowest BCUT2D eigenvalue weighted by Crippen LogP contribution is -2.55. The molecule has 1 aromatic carbocycles. The minimum atomic E-state index is -1.29. The van der Waals surface area contributed by atoms with E-state index in [2.05, 4.69) is 10.3 Å². The highest BCUT2D eigenvalue weighted by Crippen LogP contribution is 2.34. The number of anilines is 2. The first-order valence-corrected chi connectivity index (χ1v) is 14.8. The van der Waals surface area contributed by atoms with Crippen LogP contribution in [0.15, 0.2) is 42.7 Å². The standard InChI is InChI=1S/C30H38Cl2N6O7/c1-29(2,3)37(24(17-39)28(41)44-30(4,5)6)45-27(40)21-16-36(15-20(21)19-9-8-18(31)14-22(19)32)13-7-12-34-25-11-10-23(38(42)43)26(33)35-25/h8-11,14-16,24,39H,7,12-13,17H2,1-6H3,(H3,33,34,35)/t24-/m1/s1. The zero-order valence-electron chi connectivity index (χ0n) is 26.0. The molecular formula is C30H38Cl2N6O7. The summed E-state index contributed by atoms with van der Waals surface area (Å²) in [5.41, 5.74) is 4.82. The second-order valence-corrected chi connectivity index (χ2v) is 13.0. The number of nitrogens with zero attached hydrogens (tertiary/aromatic N) is 4. The molecule has 0 saturated carbocycles. The van der Waals surface area contributed by atoms with Gasteiger partial charge in [-0.25, -0.2) is 9.78 Å². The van der Waals surface area contributed by atoms with Crippen molar-refractivity contribution >= 4 is 52.5 Å². The van der Waals surface area contributed by atoms with Gasteiger partial charge in [-0.1, -0.05) is 29.3 Å². The molecule has 0 amide bonds. The first-order valence-electron chi connectivity index (χ1n) is 14.1. The van der Waals surface area contributed by atoms with Crippen LogP contribution in [0.2, 0.25) is 10.0 Å². The molecule has 2 heterocycles. The summed E-state index contributed by atoms with van der Waals surface area (Å²) >= 11 is 12.6. The summed E-state index contributed by atoms with van der Waals surface area (Å²) in [6.07, 6.45) is 3.91. The smallest absolute Gasteiger partial charge is 0.359 e. The predicted octanol–water partition coefficient (Wildman–Crippen LogP) is 5.72. The number of esters is 1. The van der Waals surface area contributed by atoms with Crippen LogP contribution in [0.5, 0.6) is 0 Å². The number of nitro groups is 1. The van der Waals surface area contributed by atoms with Gasteiger partial charge >= 0.3 is 17.6 Å². The van der Waals surface area contributed by atoms with Crippen molar-refractivity contribution in [3.63, 3.8) is 0 Å². The third-order valence-electron chi connectivity index (χ3n) is 6.30. The van der Waals surface area contributed by atoms with Gasteiger partial charge in [-0.15, -0.1) is 5.06 Å². The number of nitrogens with one attached hydrogen (secondary N) is 1. The fourth-order valence-electron chi connectivity index (χ4n) is 4.34. The lowest BCUT2D eigenvalue weighted by atomic mass is 10.0. The van der Waals surface area contributed by atoms with E-state index in [0.717, 1.165) is 5.06 Å². The third-order valence-corrected chi connectivity index (χ3v) is 6.84. The number of aryl methyl sites for hydroxylation is 1. The van der Waals surface area contributed by atoms with E-state index >= 15 is 0 Å². The summed E-state index contributed by atoms with van der Waals surface area (Å²) < 4.78 is 7.26. The molecule has 244 valence electrons. The van der Waals surface area contributed by atoms with Crippen molar-refractivity contribution in [2.75, 3.05) is 24.2 Å². The SMILES string of the molecule is CC(C)(C)OC(=O)[C@@H](CO)N(OC(=O)c1cn(CCCNc2ccc([N+](=O)[O-])c(N)n2)cc1-c1ccc(Cl)cc1Cl)C(C)(C)C. The van der Waals surface area contributed by atoms with Crippen molar-refractivity contribution in [3.05, 3.63) is 68.4 Å². The molecule has 0 saturated heterocycles. The molecule has 0 radical (unpaired) electrons. The molecule has 1 atom stereocenters. The number of benzene rings is 1. The van der Waals surface area contributed by atoms with Crippen LogP contribution < -0.4 is 11.1 Å². The minimum absolute atomic E-state index is 0.159. The molecule has 0 unspecified atom stereocenters. The number of nitrogens with two attached hydrogens (primary N) is 1. The van der Waals surface area contributed by atoms with E-state index in [9.17, 15) is 24.8 Å². The molecule has 3 rings (SSSR count). The number of rotatable bonds is 12. The van der Waals surface area contributed by atoms with Gasteiger partial charge in [0.2, 0.25) is 5.82 Å². The Hall–Kier alpha value is -3.91. The molecule has 15 heteroatoms. The number of hydrogen-bond acceptors (Lipinski definition) is 11. The summed E-state index contributed by atoms with van der Waals surface area (Å²) in [5, 5.41) is 26.1. The molecule has 0 spiro atoms. The van der Waals surface area contributed by atoms with Crippen LogP contribution in [0.3, 0.4) is 0 Å². The number of aliphatic hydroxyl groups excluding tert-OH is 1. The quantitative estimate of drug-likeness (QED) is 0.0933. The van der Waals surface area contributed by atoms with E-state index in [1.165, 1.54) is 12.1 Å². The van der Waals surface area contributed by atoms with E-state index in [-0.39, 0.29) is 17.1 Å². The molecule has 3 aromatic rings. The van der Waals surface area contributed by atoms with E-state index < -0.39 is 40.7 Å². The number of nitrogen functional groups attached to an aromatic ring is 1. The Bertz CT molecular complexity index is 1550. The lowest BCUT2D eigenvalue weighted by molar-refractivity contribution is -0.384. The number of hydroxylamine groups is 2. The zero-order chi connectivity index (χ0) is 33.7. The maximum atomic E-state index is 13.8. The van der Waals surface area contributed by atoms with Crippen LogP contribution in [0.1, 0.15) is 58.3 Å². The van der Waals surface area contributed by atoms with Crippen LogP contribution >= 0.6 is 23.2 Å². The lowest BCUT2D eigenvalue weighted by Gasteiger charge is -2.38. The fourth-order valence-corrected chi connectivity index (χ4v) is 4.85. The van der Waals surface area contributed by atoms with Crippen LogP contribution in [-0.4, -0.2) is 66.9 Å². The Morgan fingerprint density at radius 1 is 1.13 bits per heavy atom. The number of halogens is 2. The van der Waals surface area contributed by atoms with Crippen molar-refractivity contribution in [1.82, 2.24) is 14.6 Å². The molecule has 45 heavy (non-hydrogen) atoms. The second kappa shape index (κ2) is 14.5. The van der Waals surface area contributed by atoms with Crippen LogP contribution in [-0.2, 0) is 20.9 Å². The Balaban J connectivity index is 1.87. The summed E-state index contributed by atoms with van der Waals surface area (Å²) in [7, 11) is 0. The van der Waals surface area contributed by atoms with Crippen LogP contribution in [0, 0.1) is 10.1 Å². The van der Waals surface area contributed by atoms with Gasteiger partial charge in [-0.2, -0.15) is 0 Å². The monoisotopic (exact) mass is 664 g/mol. The second-order valence-electron chi connectivity index (χ2n) is 12.2. The summed E-state index contributed by atoms with van der Waals surface area (Å²) in [5.74, 6) is -1.34. The maximum absolute atomic E-state index is 13.8. The third kappa shape index (κ3) is 9.54. The Labute approximate surface area is 271 Å². The average Bonchev–Trinajstić information content (AvgIpc) is 3.33. The van der Waals surface area contributed by atoms with Crippen molar-refractivity contribution in [2.24, 2.45) is 0 Å². The summed E-state index contributed by atoms with van der Waals surface area (Å²) in [4.78, 5) is 47.0. The van der Waals surface area contributed by atoms with Crippen molar-refractivity contribution < 1.29 is 29.2 Å². The predicted molar refractivity (Wildman–Crippen MR) is 172 cm³/mol. The molecule has 2 aromatic heterocycles. The summed E-state index contributed by atoms with van der Waals surface area (Å²) in [6, 6.07) is 6.35. The molecule has 0 aliphatic rings. The van der Waals surface area contributed by atoms with Gasteiger partial charge in [-0.05, 0) is 66.2 Å². The molecule has 0 aliphatic carbocycles. The Morgan fingerprint density at radius 3 is 2.38 bits per heavy atom. The number of aliphatic hydroxyl groups is 1. The molecule has 0 fully saturated rings. The largest absolute Gasteiger partial charge is 0.459 e. The van der Waals surface area contributed by atoms with Crippen LogP contribution in [0.25, 0.3) is 11.1 Å². The van der Waals surface area contributed by atoms with Gasteiger partial charge in [0.25, 0.3) is 0 Å². The maximum Gasteiger partial charge on any atom is 0.359 e. The molecule has 0 aliphatic heterocycles. The van der Waals surface area contributed by atoms with E-state index in [4.69, 9.17) is 38.5 Å². The normalized spacial score (nSPS) is 12.6. The molecular weight excluding hydrogens is 627 g/mol. The number of pyridine rings is 1. The number of carbonyl (C=O) groups is 2. The van der Waals surface area contributed by atoms with Gasteiger partial charge in [0.1, 0.15) is 11.4 Å². The highest BCUT2D eigenvalue weighted by molar-refractivity contribution is 6.36. The topological polar surface area (TPSA) is 175 Å². The highest BCUT2D eigenvalue weighted by Gasteiger charge is 2.40. The van der Waals surface area contributed by atoms with Crippen molar-refractivity contribution in [3.8, 4) is 11.1 Å². The zero-order valence-corrected chi connectivity index (χ0v) is 27.5. The van der Waals surface area contributed by atoms with Crippen LogP contribution in [0.4, 0.5) is 17.3 Å². The van der Waals surface area contributed by atoms with Gasteiger partial charge in [-0.3, -0.25) is 14.9 Å². The molecule has 4 N–H and O–H groups in total. The number of carbonyl (C=O) groups excluding carboxylic acids is 2. The van der Waals surface area contributed by atoms with Gasteiger partial charge in [0, 0.05) is 58.3 Å². The number of ether oxygens (including phenoxy) is 1. The summed E-state index contributed by atoms with van der Waals surface area (Å²) in [6.45, 7) is 10.5. The molecule has 0 bridgehead atoms. The van der Waals surface area contributed by atoms with E-state index in [0.29, 0.717) is 46.5 Å². The van der Waals surface area contributed by atoms with Gasteiger partial charge in [0.15, 0.2) is 6.04 Å². The van der Waals surface area contributed by atoms with Gasteiger partial charge < -0.3 is 30.3 Å². The highest BCUT2D eigenvalue weighted by atomic mass is 35.5. The Kier molecular flexibility index (Phi) is 11.4. The fraction of sp³-hybridized carbons (Fsp3) is 0.433. The average molecular weight is 666 g/mol. The van der Waals surface area contributed by atoms with Crippen molar-refractivity contribution in [1.29, 1.82) is 0 Å². The number of aromatic nitrogens is 2. The Morgan fingerprint density at radius 2 is 1.82 bits per heavy atom. The first kappa shape index (κ1) is 35.6. The minimum Gasteiger partial charge on any atom is -0.459 e. The van der Waals surface area contributed by atoms with Crippen molar-refractivity contribution in [2.45, 2.75) is 71.7 Å². The molecule has 13 nitrogen and oxygen atoms in total. The van der Waals surface area contributed by atoms with E-state index in [1.54, 1.807) is 76.7 Å².